The molecule has 25 heavy (non-hydrogen) atoms. The molecule has 1 N–H and O–H groups in total. The number of halogens is 1. The molecule has 6 heteroatoms. The van der Waals surface area contributed by atoms with Crippen molar-refractivity contribution < 1.29 is 14.7 Å². The van der Waals surface area contributed by atoms with E-state index in [0.29, 0.717) is 18.1 Å². The van der Waals surface area contributed by atoms with E-state index in [1.54, 1.807) is 0 Å². The number of anilines is 1. The van der Waals surface area contributed by atoms with E-state index in [2.05, 4.69) is 4.90 Å². The number of aliphatic carboxylic acids is 1. The minimum absolute atomic E-state index is 0.00925. The molecule has 1 heterocycles. The van der Waals surface area contributed by atoms with Crippen molar-refractivity contribution in [1.29, 1.82) is 0 Å². The van der Waals surface area contributed by atoms with Crippen LogP contribution in [0.2, 0.25) is 5.02 Å². The van der Waals surface area contributed by atoms with Crippen LogP contribution < -0.4 is 4.90 Å². The minimum atomic E-state index is -0.840. The van der Waals surface area contributed by atoms with Gasteiger partial charge >= 0.3 is 5.97 Å². The molecular formula is C19H21ClN2O3. The Morgan fingerprint density at radius 2 is 1.72 bits per heavy atom. The summed E-state index contributed by atoms with van der Waals surface area (Å²) in [4.78, 5) is 28.7. The van der Waals surface area contributed by atoms with Crippen molar-refractivity contribution in [1.82, 2.24) is 4.90 Å². The highest BCUT2D eigenvalue weighted by molar-refractivity contribution is 6.30. The topological polar surface area (TPSA) is 60.9 Å². The van der Waals surface area contributed by atoms with Crippen molar-refractivity contribution in [2.45, 2.75) is 6.42 Å². The smallest absolute Gasteiger partial charge is 0.307 e. The summed E-state index contributed by atoms with van der Waals surface area (Å²) in [6.45, 7) is 2.71. The van der Waals surface area contributed by atoms with Gasteiger partial charge in [0, 0.05) is 36.9 Å². The molecule has 2 fully saturated rings. The standard InChI is InChI=1S/C19H21ClN2O3/c20-14-2-1-3-15(11-14)21-6-8-22(9-7-21)18(23)16-12-4-5-13(10-12)17(16)19(24)25/h1-5,11-13,16-17H,6-10H2,(H,24,25). The fraction of sp³-hybridized carbons (Fsp3) is 0.474. The van der Waals surface area contributed by atoms with Crippen LogP contribution in [-0.4, -0.2) is 48.1 Å². The molecule has 4 atom stereocenters. The molecule has 0 spiro atoms. The molecule has 4 unspecified atom stereocenters. The summed E-state index contributed by atoms with van der Waals surface area (Å²) in [6, 6.07) is 7.72. The fourth-order valence-electron chi connectivity index (χ4n) is 4.56. The number of benzene rings is 1. The van der Waals surface area contributed by atoms with E-state index in [0.717, 1.165) is 25.2 Å². The maximum absolute atomic E-state index is 13.0. The number of hydrogen-bond acceptors (Lipinski definition) is 3. The molecule has 4 rings (SSSR count). The Morgan fingerprint density at radius 1 is 1.04 bits per heavy atom. The molecule has 3 aliphatic rings. The van der Waals surface area contributed by atoms with Crippen molar-refractivity contribution >= 4 is 29.2 Å². The van der Waals surface area contributed by atoms with Gasteiger partial charge in [0.05, 0.1) is 11.8 Å². The highest BCUT2D eigenvalue weighted by atomic mass is 35.5. The van der Waals surface area contributed by atoms with Crippen LogP contribution in [0, 0.1) is 23.7 Å². The number of allylic oxidation sites excluding steroid dienone is 2. The van der Waals surface area contributed by atoms with Crippen LogP contribution >= 0.6 is 11.6 Å². The number of carbonyl (C=O) groups excluding carboxylic acids is 1. The molecule has 1 aliphatic heterocycles. The van der Waals surface area contributed by atoms with Gasteiger partial charge in [-0.1, -0.05) is 29.8 Å². The first-order chi connectivity index (χ1) is 12.0. The Balaban J connectivity index is 1.43. The van der Waals surface area contributed by atoms with E-state index in [1.807, 2.05) is 41.3 Å². The third-order valence-corrected chi connectivity index (χ3v) is 6.03. The molecule has 0 radical (unpaired) electrons. The van der Waals surface area contributed by atoms with Gasteiger partial charge in [0.1, 0.15) is 0 Å². The van der Waals surface area contributed by atoms with Crippen LogP contribution in [0.25, 0.3) is 0 Å². The first-order valence-electron chi connectivity index (χ1n) is 8.75. The van der Waals surface area contributed by atoms with Crippen LogP contribution in [0.5, 0.6) is 0 Å². The number of piperazine rings is 1. The summed E-state index contributed by atoms with van der Waals surface area (Å²) >= 11 is 6.06. The van der Waals surface area contributed by atoms with Gasteiger partial charge in [-0.05, 0) is 36.5 Å². The number of nitrogens with zero attached hydrogens (tertiary/aromatic N) is 2. The van der Waals surface area contributed by atoms with Crippen LogP contribution in [0.15, 0.2) is 36.4 Å². The summed E-state index contributed by atoms with van der Waals surface area (Å²) in [7, 11) is 0. The summed E-state index contributed by atoms with van der Waals surface area (Å²) in [5.74, 6) is -1.69. The zero-order valence-electron chi connectivity index (χ0n) is 13.8. The highest BCUT2D eigenvalue weighted by Crippen LogP contribution is 2.48. The molecule has 1 aromatic carbocycles. The van der Waals surface area contributed by atoms with Crippen molar-refractivity contribution in [3.63, 3.8) is 0 Å². The van der Waals surface area contributed by atoms with Crippen LogP contribution in [0.1, 0.15) is 6.42 Å². The fourth-order valence-corrected chi connectivity index (χ4v) is 4.75. The Morgan fingerprint density at radius 3 is 2.36 bits per heavy atom. The Kier molecular flexibility index (Phi) is 4.20. The normalized spacial score (nSPS) is 30.8. The molecule has 2 bridgehead atoms. The van der Waals surface area contributed by atoms with Gasteiger partial charge in [0.15, 0.2) is 0 Å². The zero-order chi connectivity index (χ0) is 17.6. The third kappa shape index (κ3) is 2.91. The van der Waals surface area contributed by atoms with Gasteiger partial charge < -0.3 is 14.9 Å². The zero-order valence-corrected chi connectivity index (χ0v) is 14.6. The van der Waals surface area contributed by atoms with Crippen LogP contribution in [-0.2, 0) is 9.59 Å². The van der Waals surface area contributed by atoms with E-state index in [1.165, 1.54) is 0 Å². The second-order valence-corrected chi connectivity index (χ2v) is 7.57. The number of fused-ring (bicyclic) bond motifs is 2. The molecule has 132 valence electrons. The van der Waals surface area contributed by atoms with Gasteiger partial charge in [-0.25, -0.2) is 0 Å². The Labute approximate surface area is 151 Å². The molecule has 2 aliphatic carbocycles. The molecular weight excluding hydrogens is 340 g/mol. The Hall–Kier alpha value is -2.01. The highest BCUT2D eigenvalue weighted by Gasteiger charge is 2.52. The van der Waals surface area contributed by atoms with Gasteiger partial charge in [0.2, 0.25) is 5.91 Å². The van der Waals surface area contributed by atoms with Crippen molar-refractivity contribution in [2.75, 3.05) is 31.1 Å². The number of amides is 1. The lowest BCUT2D eigenvalue weighted by molar-refractivity contribution is -0.151. The lowest BCUT2D eigenvalue weighted by Gasteiger charge is -2.38. The first-order valence-corrected chi connectivity index (χ1v) is 9.13. The lowest BCUT2D eigenvalue weighted by Crippen LogP contribution is -2.52. The first kappa shape index (κ1) is 16.5. The monoisotopic (exact) mass is 360 g/mol. The van der Waals surface area contributed by atoms with E-state index in [9.17, 15) is 14.7 Å². The molecule has 1 saturated heterocycles. The van der Waals surface area contributed by atoms with Crippen LogP contribution in [0.3, 0.4) is 0 Å². The molecule has 1 amide bonds. The Bertz CT molecular complexity index is 727. The maximum atomic E-state index is 13.0. The molecule has 0 aromatic heterocycles. The van der Waals surface area contributed by atoms with Gasteiger partial charge in [-0.3, -0.25) is 9.59 Å². The number of carbonyl (C=O) groups is 2. The van der Waals surface area contributed by atoms with Crippen molar-refractivity contribution in [3.05, 3.63) is 41.4 Å². The van der Waals surface area contributed by atoms with Crippen molar-refractivity contribution in [3.8, 4) is 0 Å². The predicted octanol–water partition coefficient (Wildman–Crippen LogP) is 2.51. The average molecular weight is 361 g/mol. The number of carboxylic acids is 1. The molecule has 1 aromatic rings. The maximum Gasteiger partial charge on any atom is 0.307 e. The van der Waals surface area contributed by atoms with Crippen LogP contribution in [0.4, 0.5) is 5.69 Å². The SMILES string of the molecule is O=C(O)C1C2C=CC(C2)C1C(=O)N1CCN(c2cccc(Cl)c2)CC1. The van der Waals surface area contributed by atoms with E-state index >= 15 is 0 Å². The largest absolute Gasteiger partial charge is 0.481 e. The van der Waals surface area contributed by atoms with Gasteiger partial charge in [0.25, 0.3) is 0 Å². The molecule has 5 nitrogen and oxygen atoms in total. The van der Waals surface area contributed by atoms with Crippen molar-refractivity contribution in [2.24, 2.45) is 23.7 Å². The summed E-state index contributed by atoms with van der Waals surface area (Å²) < 4.78 is 0. The minimum Gasteiger partial charge on any atom is -0.481 e. The predicted molar refractivity (Wildman–Crippen MR) is 95.6 cm³/mol. The van der Waals surface area contributed by atoms with Gasteiger partial charge in [-0.2, -0.15) is 0 Å². The number of hydrogen-bond donors (Lipinski definition) is 1. The summed E-state index contributed by atoms with van der Waals surface area (Å²) in [6.07, 6.45) is 4.81. The summed E-state index contributed by atoms with van der Waals surface area (Å²) in [5.41, 5.74) is 1.06. The second kappa shape index (κ2) is 6.37. The number of rotatable bonds is 3. The van der Waals surface area contributed by atoms with E-state index in [4.69, 9.17) is 11.6 Å². The number of carboxylic acid groups (broad SMARTS) is 1. The quantitative estimate of drug-likeness (QED) is 0.841. The summed E-state index contributed by atoms with van der Waals surface area (Å²) in [5, 5.41) is 10.2. The lowest BCUT2D eigenvalue weighted by atomic mass is 9.82. The second-order valence-electron chi connectivity index (χ2n) is 7.13. The van der Waals surface area contributed by atoms with Gasteiger partial charge in [-0.15, -0.1) is 0 Å². The average Bonchev–Trinajstić information content (AvgIpc) is 3.22. The van der Waals surface area contributed by atoms with E-state index < -0.39 is 17.8 Å². The molecule has 1 saturated carbocycles. The van der Waals surface area contributed by atoms with E-state index in [-0.39, 0.29) is 17.7 Å². The third-order valence-electron chi connectivity index (χ3n) is 5.79.